The van der Waals surface area contributed by atoms with Crippen LogP contribution in [-0.4, -0.2) is 22.6 Å². The predicted octanol–water partition coefficient (Wildman–Crippen LogP) is 7.41. The van der Waals surface area contributed by atoms with Crippen molar-refractivity contribution in [1.29, 1.82) is 0 Å². The van der Waals surface area contributed by atoms with Gasteiger partial charge < -0.3 is 4.74 Å². The van der Waals surface area contributed by atoms with Gasteiger partial charge in [0.1, 0.15) is 12.4 Å². The highest BCUT2D eigenvalue weighted by Gasteiger charge is 2.34. The number of benzene rings is 3. The summed E-state index contributed by atoms with van der Waals surface area (Å²) >= 11 is 11.4. The van der Waals surface area contributed by atoms with Gasteiger partial charge in [-0.2, -0.15) is 0 Å². The Balaban J connectivity index is 1.45. The first-order valence-electron chi connectivity index (χ1n) is 10.1. The minimum absolute atomic E-state index is 0.227. The number of carbonyl (C=O) groups excluding carboxylic acids is 2. The fraction of sp³-hybridized carbons (Fsp3) is 0.120. The zero-order chi connectivity index (χ0) is 23.4. The van der Waals surface area contributed by atoms with E-state index in [0.717, 1.165) is 41.3 Å². The lowest BCUT2D eigenvalue weighted by atomic mass is 10.1. The predicted molar refractivity (Wildman–Crippen MR) is 150 cm³/mol. The summed E-state index contributed by atoms with van der Waals surface area (Å²) < 4.78 is 7.90. The van der Waals surface area contributed by atoms with Crippen molar-refractivity contribution in [2.45, 2.75) is 13.0 Å². The van der Waals surface area contributed by atoms with E-state index in [0.29, 0.717) is 29.5 Å². The second-order valence-electron chi connectivity index (χ2n) is 7.30. The van der Waals surface area contributed by atoms with Crippen LogP contribution in [0.15, 0.2) is 71.6 Å². The molecule has 0 spiro atoms. The number of halogens is 3. The molecule has 2 amide bonds. The van der Waals surface area contributed by atoms with Crippen LogP contribution in [0.4, 0.5) is 4.79 Å². The molecule has 0 radical (unpaired) electrons. The number of hydrogen-bond donors (Lipinski definition) is 0. The van der Waals surface area contributed by atoms with Crippen molar-refractivity contribution in [3.8, 4) is 5.75 Å². The maximum Gasteiger partial charge on any atom is 0.293 e. The Hall–Kier alpha value is -1.56. The number of rotatable bonds is 7. The van der Waals surface area contributed by atoms with Gasteiger partial charge in [-0.05, 0) is 110 Å². The van der Waals surface area contributed by atoms with Crippen molar-refractivity contribution in [3.05, 3.63) is 100 Å². The molecule has 1 heterocycles. The Morgan fingerprint density at radius 2 is 1.61 bits per heavy atom. The molecule has 4 rings (SSSR count). The van der Waals surface area contributed by atoms with E-state index in [4.69, 9.17) is 16.3 Å². The summed E-state index contributed by atoms with van der Waals surface area (Å²) in [4.78, 5) is 27.0. The minimum Gasteiger partial charge on any atom is -0.487 e. The summed E-state index contributed by atoms with van der Waals surface area (Å²) in [6.07, 6.45) is 2.42. The van der Waals surface area contributed by atoms with E-state index >= 15 is 0 Å². The molecule has 168 valence electrons. The molecule has 1 fully saturated rings. The highest BCUT2D eigenvalue weighted by Crippen LogP contribution is 2.35. The highest BCUT2D eigenvalue weighted by molar-refractivity contribution is 14.1. The van der Waals surface area contributed by atoms with Crippen LogP contribution in [0, 0.1) is 7.14 Å². The molecule has 0 atom stereocenters. The molecule has 3 aromatic carbocycles. The first-order valence-corrected chi connectivity index (χ1v) is 13.4. The van der Waals surface area contributed by atoms with E-state index in [1.807, 2.05) is 66.7 Å². The zero-order valence-electron chi connectivity index (χ0n) is 17.3. The van der Waals surface area contributed by atoms with Crippen molar-refractivity contribution in [1.82, 2.24) is 4.90 Å². The molecular formula is C25H18ClI2NO3S. The average Bonchev–Trinajstić information content (AvgIpc) is 3.06. The summed E-state index contributed by atoms with van der Waals surface area (Å²) in [6.45, 7) is 0.807. The largest absolute Gasteiger partial charge is 0.487 e. The monoisotopic (exact) mass is 701 g/mol. The second kappa shape index (κ2) is 11.2. The van der Waals surface area contributed by atoms with Crippen LogP contribution in [0.3, 0.4) is 0 Å². The average molecular weight is 702 g/mol. The maximum atomic E-state index is 12.8. The number of carbonyl (C=O) groups is 2. The quantitative estimate of drug-likeness (QED) is 0.190. The van der Waals surface area contributed by atoms with Crippen LogP contribution in [0.1, 0.15) is 16.7 Å². The first kappa shape index (κ1) is 24.6. The molecular weight excluding hydrogens is 684 g/mol. The molecule has 0 aromatic heterocycles. The molecule has 1 aliphatic rings. The molecule has 3 aromatic rings. The molecule has 1 saturated heterocycles. The molecule has 8 heteroatoms. The van der Waals surface area contributed by atoms with Gasteiger partial charge in [0.2, 0.25) is 0 Å². The summed E-state index contributed by atoms with van der Waals surface area (Å²) in [5.74, 6) is 0.549. The van der Waals surface area contributed by atoms with E-state index in [1.54, 1.807) is 6.08 Å². The van der Waals surface area contributed by atoms with E-state index in [9.17, 15) is 9.59 Å². The van der Waals surface area contributed by atoms with Crippen molar-refractivity contribution in [3.63, 3.8) is 0 Å². The standard InChI is InChI=1S/C25H18ClI2NO3S/c26-19-8-6-17(7-9-19)15-32-23-20(27)12-18(13-21(23)28)14-22-24(30)29(25(31)33-22)11-10-16-4-2-1-3-5-16/h1-9,12-14H,10-11,15H2/b22-14-. The molecule has 4 nitrogen and oxygen atoms in total. The lowest BCUT2D eigenvalue weighted by molar-refractivity contribution is -0.122. The van der Waals surface area contributed by atoms with Gasteiger partial charge in [-0.3, -0.25) is 14.5 Å². The van der Waals surface area contributed by atoms with Crippen LogP contribution in [0.5, 0.6) is 5.75 Å². The number of ether oxygens (including phenoxy) is 1. The van der Waals surface area contributed by atoms with Gasteiger partial charge in [0.25, 0.3) is 11.1 Å². The topological polar surface area (TPSA) is 46.6 Å². The van der Waals surface area contributed by atoms with E-state index in [1.165, 1.54) is 4.90 Å². The molecule has 0 N–H and O–H groups in total. The smallest absolute Gasteiger partial charge is 0.293 e. The summed E-state index contributed by atoms with van der Waals surface area (Å²) in [5.41, 5.74) is 2.98. The molecule has 0 aliphatic carbocycles. The van der Waals surface area contributed by atoms with Crippen molar-refractivity contribution < 1.29 is 14.3 Å². The van der Waals surface area contributed by atoms with Crippen LogP contribution in [0.2, 0.25) is 5.02 Å². The van der Waals surface area contributed by atoms with Crippen molar-refractivity contribution >= 4 is 85.8 Å². The summed E-state index contributed by atoms with van der Waals surface area (Å²) in [7, 11) is 0. The number of imide groups is 1. The Labute approximate surface area is 229 Å². The van der Waals surface area contributed by atoms with E-state index in [2.05, 4.69) is 45.2 Å². The number of thioether (sulfide) groups is 1. The lowest BCUT2D eigenvalue weighted by Gasteiger charge is -2.12. The third kappa shape index (κ3) is 6.32. The molecule has 0 unspecified atom stereocenters. The fourth-order valence-corrected chi connectivity index (χ4v) is 6.39. The van der Waals surface area contributed by atoms with Crippen LogP contribution >= 0.6 is 68.5 Å². The van der Waals surface area contributed by atoms with Gasteiger partial charge >= 0.3 is 0 Å². The van der Waals surface area contributed by atoms with Gasteiger partial charge in [-0.15, -0.1) is 0 Å². The normalized spacial score (nSPS) is 14.9. The Morgan fingerprint density at radius 3 is 2.27 bits per heavy atom. The molecule has 1 aliphatic heterocycles. The van der Waals surface area contributed by atoms with Gasteiger partial charge in [0, 0.05) is 11.6 Å². The van der Waals surface area contributed by atoms with Crippen LogP contribution < -0.4 is 4.74 Å². The third-order valence-corrected chi connectivity index (χ3v) is 7.72. The number of amides is 2. The van der Waals surface area contributed by atoms with Crippen molar-refractivity contribution in [2.24, 2.45) is 0 Å². The van der Waals surface area contributed by atoms with Gasteiger partial charge in [-0.1, -0.05) is 54.1 Å². The SMILES string of the molecule is O=C1S/C(=C\c2cc(I)c(OCc3ccc(Cl)cc3)c(I)c2)C(=O)N1CCc1ccccc1. The fourth-order valence-electron chi connectivity index (χ4n) is 3.27. The highest BCUT2D eigenvalue weighted by atomic mass is 127. The number of nitrogens with zero attached hydrogens (tertiary/aromatic N) is 1. The summed E-state index contributed by atoms with van der Waals surface area (Å²) in [5, 5.41) is 0.464. The van der Waals surface area contributed by atoms with E-state index < -0.39 is 0 Å². The Kier molecular flexibility index (Phi) is 8.37. The van der Waals surface area contributed by atoms with E-state index in [-0.39, 0.29) is 11.1 Å². The van der Waals surface area contributed by atoms with Gasteiger partial charge in [0.05, 0.1) is 12.0 Å². The Bertz CT molecular complexity index is 1190. The minimum atomic E-state index is -0.242. The Morgan fingerprint density at radius 1 is 0.939 bits per heavy atom. The molecule has 33 heavy (non-hydrogen) atoms. The summed E-state index contributed by atoms with van der Waals surface area (Å²) in [6, 6.07) is 21.3. The first-order chi connectivity index (χ1) is 15.9. The third-order valence-electron chi connectivity index (χ3n) is 4.96. The van der Waals surface area contributed by atoms with Crippen LogP contribution in [0.25, 0.3) is 6.08 Å². The van der Waals surface area contributed by atoms with Gasteiger partial charge in [-0.25, -0.2) is 0 Å². The zero-order valence-corrected chi connectivity index (χ0v) is 23.2. The van der Waals surface area contributed by atoms with Crippen molar-refractivity contribution in [2.75, 3.05) is 6.54 Å². The maximum absolute atomic E-state index is 12.8. The molecule has 0 saturated carbocycles. The molecule has 0 bridgehead atoms. The lowest BCUT2D eigenvalue weighted by Crippen LogP contribution is -2.30. The van der Waals surface area contributed by atoms with Crippen LogP contribution in [-0.2, 0) is 17.8 Å². The van der Waals surface area contributed by atoms with Gasteiger partial charge in [0.15, 0.2) is 0 Å². The number of hydrogen-bond acceptors (Lipinski definition) is 4. The second-order valence-corrected chi connectivity index (χ2v) is 11.1.